The van der Waals surface area contributed by atoms with E-state index in [-0.39, 0.29) is 28.1 Å². The molecule has 2 unspecified atom stereocenters. The third-order valence-corrected chi connectivity index (χ3v) is 7.49. The Labute approximate surface area is 216 Å². The Bertz CT molecular complexity index is 1190. The highest BCUT2D eigenvalue weighted by Gasteiger charge is 2.34. The fraction of sp³-hybridized carbons (Fsp3) is 0.464. The second-order valence-electron chi connectivity index (χ2n) is 10.7. The molecule has 2 aliphatic heterocycles. The van der Waals surface area contributed by atoms with Gasteiger partial charge in [0.05, 0.1) is 11.9 Å². The summed E-state index contributed by atoms with van der Waals surface area (Å²) in [5.41, 5.74) is 8.13. The lowest BCUT2D eigenvalue weighted by Crippen LogP contribution is -2.38. The first-order valence-electron chi connectivity index (χ1n) is 12.2. The van der Waals surface area contributed by atoms with Crippen LogP contribution in [0.25, 0.3) is 0 Å². The normalized spacial score (nSPS) is 21.4. The summed E-state index contributed by atoms with van der Waals surface area (Å²) in [7, 11) is 0. The topological polar surface area (TPSA) is 100 Å². The molecule has 0 aromatic heterocycles. The summed E-state index contributed by atoms with van der Waals surface area (Å²) >= 11 is 1.31. The lowest BCUT2D eigenvalue weighted by atomic mass is 9.83. The average Bonchev–Trinajstić information content (AvgIpc) is 3.10. The predicted molar refractivity (Wildman–Crippen MR) is 142 cm³/mol. The zero-order valence-corrected chi connectivity index (χ0v) is 22.4. The molecule has 8 heteroatoms. The zero-order chi connectivity index (χ0) is 26.1. The number of esters is 1. The number of thioether (sulfide) groups is 1. The van der Waals surface area contributed by atoms with Crippen LogP contribution in [0, 0.1) is 0 Å². The molecule has 36 heavy (non-hydrogen) atoms. The third-order valence-electron chi connectivity index (χ3n) is 6.51. The number of aliphatic imine (C=N–C) groups is 1. The van der Waals surface area contributed by atoms with E-state index in [1.165, 1.54) is 18.7 Å². The summed E-state index contributed by atoms with van der Waals surface area (Å²) in [4.78, 5) is 27.2. The molecule has 0 saturated heterocycles. The van der Waals surface area contributed by atoms with Crippen LogP contribution in [-0.2, 0) is 27.8 Å². The molecule has 2 aromatic carbocycles. The van der Waals surface area contributed by atoms with Crippen LogP contribution in [0.15, 0.2) is 41.4 Å². The van der Waals surface area contributed by atoms with E-state index in [1.807, 2.05) is 36.4 Å². The van der Waals surface area contributed by atoms with Crippen molar-refractivity contribution in [1.82, 2.24) is 0 Å². The van der Waals surface area contributed by atoms with Gasteiger partial charge < -0.3 is 19.9 Å². The van der Waals surface area contributed by atoms with Crippen LogP contribution in [0.1, 0.15) is 64.2 Å². The van der Waals surface area contributed by atoms with Crippen molar-refractivity contribution < 1.29 is 23.8 Å². The van der Waals surface area contributed by atoms with Gasteiger partial charge in [0.15, 0.2) is 5.17 Å². The number of amides is 1. The van der Waals surface area contributed by atoms with Crippen molar-refractivity contribution >= 4 is 28.8 Å². The van der Waals surface area contributed by atoms with Gasteiger partial charge in [0.2, 0.25) is 0 Å². The number of hydrogen-bond acceptors (Lipinski definition) is 7. The van der Waals surface area contributed by atoms with Crippen LogP contribution in [0.5, 0.6) is 17.2 Å². The molecule has 0 saturated carbocycles. The van der Waals surface area contributed by atoms with E-state index in [1.54, 1.807) is 0 Å². The lowest BCUT2D eigenvalue weighted by molar-refractivity contribution is -0.132. The van der Waals surface area contributed by atoms with Crippen LogP contribution < -0.4 is 19.9 Å². The van der Waals surface area contributed by atoms with Gasteiger partial charge in [0, 0.05) is 18.9 Å². The Morgan fingerprint density at radius 2 is 1.97 bits per heavy atom. The number of carbonyl (C=O) groups is 2. The SMILES string of the molecule is CC(=O)Oc1cc2c(cc1C(C)(C)C)OC(C)(CCOc1ccc(CC3SC(N)=NC3=O)cc1)CC2. The molecule has 0 spiro atoms. The van der Waals surface area contributed by atoms with Gasteiger partial charge in [-0.05, 0) is 67.0 Å². The summed E-state index contributed by atoms with van der Waals surface area (Å²) in [5, 5.41) is 0.0948. The fourth-order valence-corrected chi connectivity index (χ4v) is 5.33. The van der Waals surface area contributed by atoms with Gasteiger partial charge in [-0.15, -0.1) is 0 Å². The first-order chi connectivity index (χ1) is 16.9. The number of ether oxygens (including phenoxy) is 3. The molecule has 2 aliphatic rings. The minimum Gasteiger partial charge on any atom is -0.493 e. The number of nitrogens with zero attached hydrogens (tertiary/aromatic N) is 1. The quantitative estimate of drug-likeness (QED) is 0.415. The second kappa shape index (κ2) is 10.2. The maximum Gasteiger partial charge on any atom is 0.308 e. The third kappa shape index (κ3) is 6.22. The Morgan fingerprint density at radius 1 is 1.25 bits per heavy atom. The van der Waals surface area contributed by atoms with E-state index in [9.17, 15) is 9.59 Å². The first-order valence-corrected chi connectivity index (χ1v) is 13.1. The number of amidine groups is 1. The fourth-order valence-electron chi connectivity index (χ4n) is 4.46. The standard InChI is InChI=1S/C28H34N2O5S/c1-17(31)34-23-15-19-10-11-28(5,35-22(19)16-21(23)27(2,3)4)12-13-33-20-8-6-18(7-9-20)14-24-25(32)30-26(29)36-24/h6-9,15-16,24H,10-14H2,1-5H3,(H2,29,30,32). The lowest BCUT2D eigenvalue weighted by Gasteiger charge is -2.37. The molecule has 0 radical (unpaired) electrons. The number of benzene rings is 2. The van der Waals surface area contributed by atoms with E-state index in [0.29, 0.717) is 23.9 Å². The van der Waals surface area contributed by atoms with E-state index < -0.39 is 0 Å². The number of nitrogens with two attached hydrogens (primary N) is 1. The van der Waals surface area contributed by atoms with Gasteiger partial charge in [-0.25, -0.2) is 0 Å². The van der Waals surface area contributed by atoms with E-state index >= 15 is 0 Å². The number of carbonyl (C=O) groups excluding carboxylic acids is 2. The molecule has 1 amide bonds. The van der Waals surface area contributed by atoms with Crippen molar-refractivity contribution in [3.05, 3.63) is 53.1 Å². The van der Waals surface area contributed by atoms with Crippen LogP contribution in [0.2, 0.25) is 0 Å². The van der Waals surface area contributed by atoms with Gasteiger partial charge in [0.25, 0.3) is 5.91 Å². The van der Waals surface area contributed by atoms with Gasteiger partial charge in [0.1, 0.15) is 22.8 Å². The van der Waals surface area contributed by atoms with Gasteiger partial charge in [-0.3, -0.25) is 9.59 Å². The van der Waals surface area contributed by atoms with Gasteiger partial charge in [-0.1, -0.05) is 44.7 Å². The molecule has 4 rings (SSSR count). The molecule has 0 aliphatic carbocycles. The molecule has 192 valence electrons. The number of hydrogen-bond donors (Lipinski definition) is 1. The van der Waals surface area contributed by atoms with Crippen molar-refractivity contribution in [3.8, 4) is 17.2 Å². The van der Waals surface area contributed by atoms with Crippen LogP contribution in [-0.4, -0.2) is 34.5 Å². The summed E-state index contributed by atoms with van der Waals surface area (Å²) in [5.74, 6) is 1.74. The summed E-state index contributed by atoms with van der Waals surface area (Å²) in [6.45, 7) is 10.3. The molecule has 2 N–H and O–H groups in total. The molecule has 2 aromatic rings. The van der Waals surface area contributed by atoms with Crippen LogP contribution in [0.4, 0.5) is 0 Å². The molecule has 0 fully saturated rings. The van der Waals surface area contributed by atoms with Crippen molar-refractivity contribution in [3.63, 3.8) is 0 Å². The van der Waals surface area contributed by atoms with Crippen molar-refractivity contribution in [2.75, 3.05) is 6.61 Å². The number of rotatable bonds is 7. The van der Waals surface area contributed by atoms with Crippen LogP contribution in [0.3, 0.4) is 0 Å². The molecule has 2 heterocycles. The maximum atomic E-state index is 11.8. The van der Waals surface area contributed by atoms with E-state index in [0.717, 1.165) is 47.5 Å². The predicted octanol–water partition coefficient (Wildman–Crippen LogP) is 4.96. The molecular formula is C28H34N2O5S. The van der Waals surface area contributed by atoms with Crippen LogP contribution >= 0.6 is 11.8 Å². The summed E-state index contributed by atoms with van der Waals surface area (Å²) in [6.07, 6.45) is 3.00. The monoisotopic (exact) mass is 510 g/mol. The minimum absolute atomic E-state index is 0.169. The average molecular weight is 511 g/mol. The number of aryl methyl sites for hydroxylation is 1. The van der Waals surface area contributed by atoms with Gasteiger partial charge >= 0.3 is 5.97 Å². The summed E-state index contributed by atoms with van der Waals surface area (Å²) < 4.78 is 18.0. The van der Waals surface area contributed by atoms with Crippen molar-refractivity contribution in [2.45, 2.75) is 76.6 Å². The molecule has 7 nitrogen and oxygen atoms in total. The van der Waals surface area contributed by atoms with Crippen molar-refractivity contribution in [2.24, 2.45) is 10.7 Å². The molecule has 0 bridgehead atoms. The number of fused-ring (bicyclic) bond motifs is 1. The second-order valence-corrected chi connectivity index (χ2v) is 11.9. The Balaban J connectivity index is 1.35. The van der Waals surface area contributed by atoms with Gasteiger partial charge in [-0.2, -0.15) is 4.99 Å². The Morgan fingerprint density at radius 3 is 2.58 bits per heavy atom. The largest absolute Gasteiger partial charge is 0.493 e. The minimum atomic E-state index is -0.356. The smallest absolute Gasteiger partial charge is 0.308 e. The highest BCUT2D eigenvalue weighted by atomic mass is 32.2. The molecular weight excluding hydrogens is 476 g/mol. The Hall–Kier alpha value is -3.00. The highest BCUT2D eigenvalue weighted by Crippen LogP contribution is 2.42. The summed E-state index contributed by atoms with van der Waals surface area (Å²) in [6, 6.07) is 11.8. The first kappa shape index (κ1) is 26.1. The highest BCUT2D eigenvalue weighted by molar-refractivity contribution is 8.15. The van der Waals surface area contributed by atoms with E-state index in [2.05, 4.69) is 32.7 Å². The Kier molecular flexibility index (Phi) is 7.36. The van der Waals surface area contributed by atoms with E-state index in [4.69, 9.17) is 19.9 Å². The maximum absolute atomic E-state index is 11.8. The zero-order valence-electron chi connectivity index (χ0n) is 21.6. The van der Waals surface area contributed by atoms with Crippen molar-refractivity contribution in [1.29, 1.82) is 0 Å². The molecule has 2 atom stereocenters.